The lowest BCUT2D eigenvalue weighted by Crippen LogP contribution is -2.26. The van der Waals surface area contributed by atoms with Crippen LogP contribution in [0.1, 0.15) is 36.6 Å². The lowest BCUT2D eigenvalue weighted by molar-refractivity contribution is -0.701. The molecule has 2 heterocycles. The first-order chi connectivity index (χ1) is 15.2. The van der Waals surface area contributed by atoms with Crippen molar-refractivity contribution in [2.45, 2.75) is 38.6 Å². The van der Waals surface area contributed by atoms with Crippen LogP contribution in [-0.2, 0) is 10.0 Å². The molecule has 0 aliphatic rings. The highest BCUT2D eigenvalue weighted by molar-refractivity contribution is 7.89. The molecular weight excluding hydrogens is 490 g/mol. The Morgan fingerprint density at radius 2 is 1.91 bits per heavy atom. The highest BCUT2D eigenvalue weighted by Crippen LogP contribution is 2.42. The molecule has 3 rings (SSSR count). The molecule has 0 aliphatic heterocycles. The summed E-state index contributed by atoms with van der Waals surface area (Å²) < 4.78 is 31.3. The molecule has 1 atom stereocenters. The maximum atomic E-state index is 12.6. The van der Waals surface area contributed by atoms with E-state index in [1.165, 1.54) is 26.2 Å². The molecule has 0 saturated carbocycles. The van der Waals surface area contributed by atoms with E-state index in [0.717, 1.165) is 14.1 Å². The normalized spacial score (nSPS) is 13.3. The first kappa shape index (κ1) is 25.1. The molecule has 0 radical (unpaired) electrons. The fraction of sp³-hybridized carbons (Fsp3) is 0.400. The van der Waals surface area contributed by atoms with Gasteiger partial charge in [-0.2, -0.15) is 0 Å². The van der Waals surface area contributed by atoms with Crippen molar-refractivity contribution in [1.82, 2.24) is 9.46 Å². The molecular formula is C20H27ClN5O5S2+. The molecule has 0 unspecified atom stereocenters. The summed E-state index contributed by atoms with van der Waals surface area (Å²) in [5.74, 6) is -0.490. The standard InChI is InChI=1S/C20H26ClN5O5S2/c1-11-7-10-14(32-11)17(20(2,3)4)23-18-19(26(28)31-24-18)22-13-9-8-12(21)16(15(13)27)33(29,30)25(5)6/h7-10,17,22H,1-6H3,(H2-,23,24,27,28)/p+1/t17-/m0/s1. The van der Waals surface area contributed by atoms with Gasteiger partial charge in [-0.15, -0.1) is 16.0 Å². The second-order valence-electron chi connectivity index (χ2n) is 8.75. The number of sulfonamides is 1. The second kappa shape index (κ2) is 9.01. The third-order valence-corrected chi connectivity index (χ3v) is 8.31. The number of phenols is 1. The summed E-state index contributed by atoms with van der Waals surface area (Å²) in [5.41, 5.74) is -0.274. The number of benzene rings is 1. The summed E-state index contributed by atoms with van der Waals surface area (Å²) in [7, 11) is -1.41. The number of thiophene rings is 1. The van der Waals surface area contributed by atoms with Crippen LogP contribution in [0, 0.1) is 17.2 Å². The summed E-state index contributed by atoms with van der Waals surface area (Å²) in [5, 5.41) is 19.1. The lowest BCUT2D eigenvalue weighted by atomic mass is 9.86. The van der Waals surface area contributed by atoms with Gasteiger partial charge >= 0.3 is 5.82 Å². The number of nitrogens with zero attached hydrogens (tertiary/aromatic N) is 2. The molecule has 4 N–H and O–H groups in total. The fourth-order valence-electron chi connectivity index (χ4n) is 3.15. The van der Waals surface area contributed by atoms with Gasteiger partial charge in [-0.1, -0.05) is 37.5 Å². The number of phenolic OH excluding ortho intramolecular Hbond substituents is 1. The molecule has 13 heteroatoms. The van der Waals surface area contributed by atoms with Crippen LogP contribution in [0.2, 0.25) is 5.02 Å². The number of halogens is 1. The van der Waals surface area contributed by atoms with E-state index in [4.69, 9.17) is 16.2 Å². The number of nitrogens with one attached hydrogen (secondary N) is 3. The highest BCUT2D eigenvalue weighted by Gasteiger charge is 2.33. The summed E-state index contributed by atoms with van der Waals surface area (Å²) in [6, 6.07) is 6.54. The van der Waals surface area contributed by atoms with Crippen LogP contribution in [0.25, 0.3) is 0 Å². The van der Waals surface area contributed by atoms with E-state index in [0.29, 0.717) is 0 Å². The number of aryl methyl sites for hydroxylation is 1. The molecule has 0 aliphatic carbocycles. The molecule has 1 aromatic carbocycles. The van der Waals surface area contributed by atoms with Crippen molar-refractivity contribution in [1.29, 1.82) is 0 Å². The van der Waals surface area contributed by atoms with Crippen LogP contribution in [0.15, 0.2) is 33.8 Å². The predicted molar refractivity (Wildman–Crippen MR) is 129 cm³/mol. The Bertz CT molecular complexity index is 1320. The number of aromatic hydroxyl groups is 1. The van der Waals surface area contributed by atoms with Crippen LogP contribution < -0.4 is 15.2 Å². The van der Waals surface area contributed by atoms with Gasteiger partial charge < -0.3 is 10.4 Å². The van der Waals surface area contributed by atoms with Crippen molar-refractivity contribution < 1.29 is 22.8 Å². The van der Waals surface area contributed by atoms with Gasteiger partial charge in [0.2, 0.25) is 10.0 Å². The molecule has 180 valence electrons. The molecule has 2 aromatic heterocycles. The molecule has 3 aromatic rings. The molecule has 0 amide bonds. The average molecular weight is 517 g/mol. The smallest absolute Gasteiger partial charge is 0.371 e. The predicted octanol–water partition coefficient (Wildman–Crippen LogP) is 4.44. The number of aromatic nitrogens is 2. The SMILES string of the molecule is Cc1ccc([C@H](Nc2[nH]o[n+](=O)c2Nc2ccc(Cl)c(S(=O)(=O)N(C)C)c2O)C(C)(C)C)s1. The Labute approximate surface area is 200 Å². The maximum Gasteiger partial charge on any atom is 0.371 e. The number of hydrogen-bond donors (Lipinski definition) is 4. The van der Waals surface area contributed by atoms with Crippen molar-refractivity contribution in [3.63, 3.8) is 0 Å². The van der Waals surface area contributed by atoms with E-state index in [1.807, 2.05) is 19.1 Å². The summed E-state index contributed by atoms with van der Waals surface area (Å²) in [6.45, 7) is 8.18. The zero-order valence-corrected chi connectivity index (χ0v) is 21.4. The summed E-state index contributed by atoms with van der Waals surface area (Å²) >= 11 is 7.70. The van der Waals surface area contributed by atoms with Crippen LogP contribution in [0.4, 0.5) is 17.3 Å². The third-order valence-electron chi connectivity index (χ3n) is 4.93. The van der Waals surface area contributed by atoms with Crippen molar-refractivity contribution in [2.24, 2.45) is 5.41 Å². The first-order valence-electron chi connectivity index (χ1n) is 9.92. The van der Waals surface area contributed by atoms with E-state index in [1.54, 1.807) is 11.3 Å². The first-order valence-corrected chi connectivity index (χ1v) is 12.6. The number of H-pyrrole nitrogens is 1. The Morgan fingerprint density at radius 1 is 1.24 bits per heavy atom. The summed E-state index contributed by atoms with van der Waals surface area (Å²) in [4.78, 5) is 14.1. The van der Waals surface area contributed by atoms with Crippen LogP contribution >= 0.6 is 22.9 Å². The average Bonchev–Trinajstić information content (AvgIpc) is 3.26. The summed E-state index contributed by atoms with van der Waals surface area (Å²) in [6.07, 6.45) is 0. The molecule has 0 fully saturated rings. The van der Waals surface area contributed by atoms with E-state index in [9.17, 15) is 18.4 Å². The topological polar surface area (TPSA) is 134 Å². The number of aromatic amines is 1. The van der Waals surface area contributed by atoms with Gasteiger partial charge in [0, 0.05) is 23.8 Å². The number of rotatable bonds is 7. The van der Waals surface area contributed by atoms with Gasteiger partial charge in [0.05, 0.1) is 11.1 Å². The highest BCUT2D eigenvalue weighted by atomic mass is 35.5. The Balaban J connectivity index is 2.03. The van der Waals surface area contributed by atoms with Gasteiger partial charge in [-0.05, 0) is 41.5 Å². The van der Waals surface area contributed by atoms with Crippen molar-refractivity contribution in [3.8, 4) is 5.75 Å². The maximum absolute atomic E-state index is 12.6. The Kier molecular flexibility index (Phi) is 6.85. The van der Waals surface area contributed by atoms with E-state index in [-0.39, 0.29) is 38.4 Å². The van der Waals surface area contributed by atoms with Gasteiger partial charge in [0.15, 0.2) is 10.3 Å². The quantitative estimate of drug-likeness (QED) is 0.341. The van der Waals surface area contributed by atoms with E-state index >= 15 is 0 Å². The van der Waals surface area contributed by atoms with Crippen molar-refractivity contribution >= 4 is 50.3 Å². The van der Waals surface area contributed by atoms with Crippen LogP contribution in [-0.4, -0.2) is 37.1 Å². The molecule has 0 spiro atoms. The molecule has 0 bridgehead atoms. The van der Waals surface area contributed by atoms with Gasteiger partial charge in [0.25, 0.3) is 5.82 Å². The number of hydrogen-bond acceptors (Lipinski definition) is 8. The number of anilines is 3. The molecule has 10 nitrogen and oxygen atoms in total. The zero-order valence-electron chi connectivity index (χ0n) is 19.1. The van der Waals surface area contributed by atoms with Gasteiger partial charge in [0.1, 0.15) is 10.6 Å². The van der Waals surface area contributed by atoms with Crippen LogP contribution in [0.5, 0.6) is 5.75 Å². The second-order valence-corrected chi connectivity index (χ2v) is 12.6. The minimum atomic E-state index is -4.05. The van der Waals surface area contributed by atoms with Crippen molar-refractivity contribution in [2.75, 3.05) is 24.7 Å². The monoisotopic (exact) mass is 516 g/mol. The largest absolute Gasteiger partial charge is 0.503 e. The minimum Gasteiger partial charge on any atom is -0.503 e. The van der Waals surface area contributed by atoms with E-state index in [2.05, 4.69) is 36.6 Å². The Hall–Kier alpha value is -2.54. The lowest BCUT2D eigenvalue weighted by Gasteiger charge is -2.30. The molecule has 33 heavy (non-hydrogen) atoms. The molecule has 0 saturated heterocycles. The van der Waals surface area contributed by atoms with E-state index < -0.39 is 20.7 Å². The minimum absolute atomic E-state index is 0.0402. The van der Waals surface area contributed by atoms with Gasteiger partial charge in [-0.25, -0.2) is 12.7 Å². The zero-order chi connectivity index (χ0) is 24.7. The van der Waals surface area contributed by atoms with Crippen molar-refractivity contribution in [3.05, 3.63) is 43.9 Å². The van der Waals surface area contributed by atoms with Gasteiger partial charge in [-0.3, -0.25) is 5.32 Å². The van der Waals surface area contributed by atoms with Crippen LogP contribution in [0.3, 0.4) is 0 Å². The third kappa shape index (κ3) is 5.03. The fourth-order valence-corrected chi connectivity index (χ4v) is 5.80. The Morgan fingerprint density at radius 3 is 2.45 bits per heavy atom.